The molecule has 1 N–H and O–H groups in total. The van der Waals surface area contributed by atoms with Crippen LogP contribution in [0.4, 0.5) is 0 Å². The van der Waals surface area contributed by atoms with Crippen molar-refractivity contribution in [3.63, 3.8) is 0 Å². The molecular weight excluding hydrogens is 290 g/mol. The Hall–Kier alpha value is -3.19. The molecule has 0 aromatic heterocycles. The Morgan fingerprint density at radius 2 is 0.958 bits per heavy atom. The average Bonchev–Trinajstić information content (AvgIpc) is 3.01. The lowest BCUT2D eigenvalue weighted by molar-refractivity contribution is 1.52. The van der Waals surface area contributed by atoms with E-state index < -0.39 is 0 Å². The van der Waals surface area contributed by atoms with Gasteiger partial charge in [-0.1, -0.05) is 91.0 Å². The van der Waals surface area contributed by atoms with Crippen molar-refractivity contribution in [3.8, 4) is 0 Å². The maximum atomic E-state index is 8.79. The summed E-state index contributed by atoms with van der Waals surface area (Å²) in [6, 6.07) is 30.7. The Kier molecular flexibility index (Phi) is 3.68. The SMILES string of the molecule is N=C1C(c2ccccc2)=CC(c2ccccc2)=C1c1ccccc1. The van der Waals surface area contributed by atoms with Gasteiger partial charge in [0.15, 0.2) is 0 Å². The zero-order chi connectivity index (χ0) is 16.4. The van der Waals surface area contributed by atoms with Crippen LogP contribution in [0.15, 0.2) is 97.1 Å². The number of nitrogens with one attached hydrogen (secondary N) is 1. The van der Waals surface area contributed by atoms with E-state index in [9.17, 15) is 0 Å². The second kappa shape index (κ2) is 6.13. The van der Waals surface area contributed by atoms with Gasteiger partial charge in [-0.2, -0.15) is 0 Å². The van der Waals surface area contributed by atoms with E-state index in [0.29, 0.717) is 5.71 Å². The Morgan fingerprint density at radius 3 is 1.50 bits per heavy atom. The first-order valence-electron chi connectivity index (χ1n) is 8.06. The fourth-order valence-electron chi connectivity index (χ4n) is 3.15. The first-order valence-corrected chi connectivity index (χ1v) is 8.06. The largest absolute Gasteiger partial charge is 0.300 e. The third-order valence-corrected chi connectivity index (χ3v) is 4.31. The summed E-state index contributed by atoms with van der Waals surface area (Å²) in [5.74, 6) is 0. The number of hydrogen-bond acceptors (Lipinski definition) is 1. The second-order valence-electron chi connectivity index (χ2n) is 5.82. The molecular formula is C23H17N. The van der Waals surface area contributed by atoms with Crippen LogP contribution in [0.1, 0.15) is 16.7 Å². The molecule has 0 fully saturated rings. The van der Waals surface area contributed by atoms with Gasteiger partial charge in [0, 0.05) is 11.1 Å². The van der Waals surface area contributed by atoms with Crippen LogP contribution in [0.25, 0.3) is 16.7 Å². The van der Waals surface area contributed by atoms with Crippen LogP contribution in [0.5, 0.6) is 0 Å². The molecule has 3 aromatic rings. The fraction of sp³-hybridized carbons (Fsp3) is 0. The normalized spacial score (nSPS) is 14.0. The predicted octanol–water partition coefficient (Wildman–Crippen LogP) is 5.71. The van der Waals surface area contributed by atoms with Gasteiger partial charge in [0.25, 0.3) is 0 Å². The zero-order valence-electron chi connectivity index (χ0n) is 13.2. The summed E-state index contributed by atoms with van der Waals surface area (Å²) in [6.07, 6.45) is 2.15. The highest BCUT2D eigenvalue weighted by Gasteiger charge is 2.25. The van der Waals surface area contributed by atoms with Crippen LogP contribution >= 0.6 is 0 Å². The van der Waals surface area contributed by atoms with Crippen molar-refractivity contribution in [1.82, 2.24) is 0 Å². The molecule has 0 bridgehead atoms. The minimum atomic E-state index is 0.589. The van der Waals surface area contributed by atoms with Crippen molar-refractivity contribution in [2.45, 2.75) is 0 Å². The highest BCUT2D eigenvalue weighted by molar-refractivity contribution is 6.52. The van der Waals surface area contributed by atoms with Gasteiger partial charge < -0.3 is 0 Å². The van der Waals surface area contributed by atoms with E-state index in [1.54, 1.807) is 0 Å². The summed E-state index contributed by atoms with van der Waals surface area (Å²) >= 11 is 0. The van der Waals surface area contributed by atoms with Gasteiger partial charge in [0.05, 0.1) is 5.71 Å². The smallest absolute Gasteiger partial charge is 0.0703 e. The van der Waals surface area contributed by atoms with E-state index in [0.717, 1.165) is 33.4 Å². The molecule has 1 heteroatoms. The molecule has 0 saturated carbocycles. The quantitative estimate of drug-likeness (QED) is 0.640. The zero-order valence-corrected chi connectivity index (χ0v) is 13.2. The van der Waals surface area contributed by atoms with Crippen LogP contribution in [0, 0.1) is 5.41 Å². The molecule has 1 nitrogen and oxygen atoms in total. The molecule has 0 unspecified atom stereocenters. The lowest BCUT2D eigenvalue weighted by Crippen LogP contribution is -2.00. The number of rotatable bonds is 3. The predicted molar refractivity (Wildman–Crippen MR) is 102 cm³/mol. The summed E-state index contributed by atoms with van der Waals surface area (Å²) in [4.78, 5) is 0. The maximum absolute atomic E-state index is 8.79. The third-order valence-electron chi connectivity index (χ3n) is 4.31. The lowest BCUT2D eigenvalue weighted by Gasteiger charge is -2.10. The highest BCUT2D eigenvalue weighted by atomic mass is 14.5. The molecule has 1 aliphatic rings. The molecule has 1 aliphatic carbocycles. The van der Waals surface area contributed by atoms with E-state index in [1.165, 1.54) is 0 Å². The Morgan fingerprint density at radius 1 is 0.500 bits per heavy atom. The van der Waals surface area contributed by atoms with Gasteiger partial charge in [-0.05, 0) is 28.3 Å². The molecule has 24 heavy (non-hydrogen) atoms. The molecule has 4 rings (SSSR count). The fourth-order valence-corrected chi connectivity index (χ4v) is 3.15. The first kappa shape index (κ1) is 14.4. The van der Waals surface area contributed by atoms with Gasteiger partial charge in [-0.3, -0.25) is 5.41 Å². The van der Waals surface area contributed by atoms with Crippen molar-refractivity contribution in [1.29, 1.82) is 5.41 Å². The maximum Gasteiger partial charge on any atom is 0.0703 e. The van der Waals surface area contributed by atoms with Crippen LogP contribution in [0.2, 0.25) is 0 Å². The molecule has 114 valence electrons. The Balaban J connectivity index is 1.90. The van der Waals surface area contributed by atoms with Gasteiger partial charge in [0.2, 0.25) is 0 Å². The van der Waals surface area contributed by atoms with E-state index in [-0.39, 0.29) is 0 Å². The van der Waals surface area contributed by atoms with Crippen LogP contribution in [-0.4, -0.2) is 5.71 Å². The summed E-state index contributed by atoms with van der Waals surface area (Å²) in [5.41, 5.74) is 7.00. The van der Waals surface area contributed by atoms with Gasteiger partial charge in [-0.25, -0.2) is 0 Å². The van der Waals surface area contributed by atoms with E-state index in [4.69, 9.17) is 5.41 Å². The van der Waals surface area contributed by atoms with Gasteiger partial charge in [0.1, 0.15) is 0 Å². The third kappa shape index (κ3) is 2.50. The van der Waals surface area contributed by atoms with Gasteiger partial charge >= 0.3 is 0 Å². The van der Waals surface area contributed by atoms with Gasteiger partial charge in [-0.15, -0.1) is 0 Å². The topological polar surface area (TPSA) is 23.9 Å². The first-order chi connectivity index (χ1) is 11.8. The van der Waals surface area contributed by atoms with Crippen LogP contribution in [-0.2, 0) is 0 Å². The summed E-state index contributed by atoms with van der Waals surface area (Å²) in [6.45, 7) is 0. The molecule has 0 radical (unpaired) electrons. The van der Waals surface area contributed by atoms with E-state index in [2.05, 4.69) is 42.5 Å². The molecule has 0 saturated heterocycles. The lowest BCUT2D eigenvalue weighted by atomic mass is 9.94. The minimum Gasteiger partial charge on any atom is -0.300 e. The minimum absolute atomic E-state index is 0.589. The number of benzene rings is 3. The number of hydrogen-bond donors (Lipinski definition) is 1. The van der Waals surface area contributed by atoms with Crippen molar-refractivity contribution in [2.24, 2.45) is 0 Å². The molecule has 0 aliphatic heterocycles. The summed E-state index contributed by atoms with van der Waals surface area (Å²) in [5, 5.41) is 8.79. The van der Waals surface area contributed by atoms with E-state index in [1.807, 2.05) is 54.6 Å². The summed E-state index contributed by atoms with van der Waals surface area (Å²) in [7, 11) is 0. The molecule has 0 atom stereocenters. The second-order valence-corrected chi connectivity index (χ2v) is 5.82. The Bertz CT molecular complexity index is 933. The van der Waals surface area contributed by atoms with Crippen molar-refractivity contribution in [2.75, 3.05) is 0 Å². The molecule has 3 aromatic carbocycles. The summed E-state index contributed by atoms with van der Waals surface area (Å²) < 4.78 is 0. The molecule has 0 spiro atoms. The standard InChI is InChI=1S/C23H17N/c24-23-21(18-12-6-2-7-13-18)16-20(17-10-4-1-5-11-17)22(23)19-14-8-3-9-15-19/h1-16,24H. The van der Waals surface area contributed by atoms with Crippen molar-refractivity contribution in [3.05, 3.63) is 114 Å². The van der Waals surface area contributed by atoms with Crippen LogP contribution < -0.4 is 0 Å². The Labute approximate surface area is 142 Å². The van der Waals surface area contributed by atoms with Crippen LogP contribution in [0.3, 0.4) is 0 Å². The van der Waals surface area contributed by atoms with Crippen molar-refractivity contribution < 1.29 is 0 Å². The highest BCUT2D eigenvalue weighted by Crippen LogP contribution is 2.39. The molecule has 0 heterocycles. The average molecular weight is 307 g/mol. The number of allylic oxidation sites excluding steroid dienone is 4. The molecule has 0 amide bonds. The van der Waals surface area contributed by atoms with E-state index >= 15 is 0 Å². The monoisotopic (exact) mass is 307 g/mol. The van der Waals surface area contributed by atoms with Crippen molar-refractivity contribution >= 4 is 22.4 Å².